The summed E-state index contributed by atoms with van der Waals surface area (Å²) in [4.78, 5) is 0. The summed E-state index contributed by atoms with van der Waals surface area (Å²) >= 11 is 9.20. The maximum Gasteiger partial charge on any atom is 0.127 e. The van der Waals surface area contributed by atoms with Gasteiger partial charge in [-0.25, -0.2) is 8.78 Å². The number of alkyl halides is 1. The molecule has 0 spiro atoms. The molecule has 0 bridgehead atoms. The number of halogens is 4. The molecule has 0 N–H and O–H groups in total. The Morgan fingerprint density at radius 3 is 2.50 bits per heavy atom. The van der Waals surface area contributed by atoms with Crippen molar-refractivity contribution in [3.8, 4) is 0 Å². The van der Waals surface area contributed by atoms with Crippen LogP contribution in [0.25, 0.3) is 0 Å². The molecule has 0 aliphatic rings. The Balaban J connectivity index is 2.09. The van der Waals surface area contributed by atoms with Gasteiger partial charge in [0.2, 0.25) is 0 Å². The highest BCUT2D eigenvalue weighted by Gasteiger charge is 2.13. The minimum absolute atomic E-state index is 0.0779. The van der Waals surface area contributed by atoms with E-state index in [4.69, 9.17) is 11.6 Å². The average Bonchev–Trinajstić information content (AvgIpc) is 2.41. The number of hydrogen-bond acceptors (Lipinski definition) is 0. The number of rotatable bonds is 5. The van der Waals surface area contributed by atoms with Crippen LogP contribution in [0.5, 0.6) is 0 Å². The van der Waals surface area contributed by atoms with E-state index in [-0.39, 0.29) is 17.6 Å². The third-order valence-electron chi connectivity index (χ3n) is 3.16. The molecule has 2 rings (SSSR count). The normalized spacial score (nSPS) is 12.4. The summed E-state index contributed by atoms with van der Waals surface area (Å²) < 4.78 is 27.7. The monoisotopic (exact) mass is 358 g/mol. The molecule has 0 heterocycles. The van der Waals surface area contributed by atoms with E-state index in [9.17, 15) is 8.78 Å². The van der Waals surface area contributed by atoms with E-state index in [1.165, 1.54) is 18.2 Å². The topological polar surface area (TPSA) is 0 Å². The van der Waals surface area contributed by atoms with Gasteiger partial charge < -0.3 is 0 Å². The quantitative estimate of drug-likeness (QED) is 0.630. The first-order chi connectivity index (χ1) is 9.58. The van der Waals surface area contributed by atoms with Crippen LogP contribution in [-0.2, 0) is 12.8 Å². The summed E-state index contributed by atoms with van der Waals surface area (Å²) in [6, 6.07) is 11.5. The van der Waals surface area contributed by atoms with Crippen molar-refractivity contribution < 1.29 is 8.78 Å². The highest BCUT2D eigenvalue weighted by atomic mass is 79.9. The van der Waals surface area contributed by atoms with Crippen molar-refractivity contribution in [2.24, 2.45) is 5.92 Å². The first kappa shape index (κ1) is 15.5. The van der Waals surface area contributed by atoms with E-state index >= 15 is 0 Å². The predicted molar refractivity (Wildman–Crippen MR) is 82.1 cm³/mol. The van der Waals surface area contributed by atoms with Crippen LogP contribution in [0.1, 0.15) is 11.1 Å². The first-order valence-corrected chi connectivity index (χ1v) is 7.65. The Bertz CT molecular complexity index is 586. The summed E-state index contributed by atoms with van der Waals surface area (Å²) in [6.07, 6.45) is 1.18. The fourth-order valence-electron chi connectivity index (χ4n) is 2.18. The van der Waals surface area contributed by atoms with E-state index in [1.54, 1.807) is 12.1 Å². The Labute approximate surface area is 130 Å². The van der Waals surface area contributed by atoms with Gasteiger partial charge in [-0.1, -0.05) is 34.1 Å². The van der Waals surface area contributed by atoms with Gasteiger partial charge in [-0.3, -0.25) is 0 Å². The molecule has 0 fully saturated rings. The molecule has 0 aliphatic heterocycles. The SMILES string of the molecule is Fc1cccc(CC(CCl)Cc2ccc(Br)cc2F)c1. The minimum Gasteiger partial charge on any atom is -0.207 e. The average molecular weight is 360 g/mol. The van der Waals surface area contributed by atoms with Crippen LogP contribution < -0.4 is 0 Å². The standard InChI is InChI=1S/C16H14BrClF2/c17-14-5-4-13(16(20)9-14)7-12(10-18)6-11-2-1-3-15(19)8-11/h1-5,8-9,12H,6-7,10H2. The second-order valence-corrected chi connectivity index (χ2v) is 6.02. The molecule has 2 aromatic rings. The maximum atomic E-state index is 13.8. The minimum atomic E-state index is -0.259. The summed E-state index contributed by atoms with van der Waals surface area (Å²) in [5.41, 5.74) is 1.52. The maximum absolute atomic E-state index is 13.8. The highest BCUT2D eigenvalue weighted by Crippen LogP contribution is 2.21. The lowest BCUT2D eigenvalue weighted by Gasteiger charge is -2.15. The van der Waals surface area contributed by atoms with E-state index in [0.29, 0.717) is 28.8 Å². The summed E-state index contributed by atoms with van der Waals surface area (Å²) in [5.74, 6) is -0.0139. The second kappa shape index (κ2) is 7.19. The lowest BCUT2D eigenvalue weighted by atomic mass is 9.94. The zero-order valence-corrected chi connectivity index (χ0v) is 13.1. The van der Waals surface area contributed by atoms with Crippen molar-refractivity contribution >= 4 is 27.5 Å². The predicted octanol–water partition coefficient (Wildman–Crippen LogP) is 5.37. The van der Waals surface area contributed by atoms with Crippen LogP contribution in [0.4, 0.5) is 8.78 Å². The largest absolute Gasteiger partial charge is 0.207 e. The van der Waals surface area contributed by atoms with E-state index in [1.807, 2.05) is 12.1 Å². The third kappa shape index (κ3) is 4.29. The molecule has 0 saturated carbocycles. The molecule has 1 atom stereocenters. The fraction of sp³-hybridized carbons (Fsp3) is 0.250. The molecule has 1 unspecified atom stereocenters. The van der Waals surface area contributed by atoms with Crippen molar-refractivity contribution in [3.05, 3.63) is 69.7 Å². The molecule has 0 radical (unpaired) electrons. The zero-order valence-electron chi connectivity index (χ0n) is 10.8. The van der Waals surface area contributed by atoms with Crippen LogP contribution in [0.15, 0.2) is 46.9 Å². The molecule has 20 heavy (non-hydrogen) atoms. The Morgan fingerprint density at radius 2 is 1.85 bits per heavy atom. The Kier molecular flexibility index (Phi) is 5.55. The summed E-state index contributed by atoms with van der Waals surface area (Å²) in [5, 5.41) is 0. The summed E-state index contributed by atoms with van der Waals surface area (Å²) in [7, 11) is 0. The van der Waals surface area contributed by atoms with Crippen molar-refractivity contribution in [1.29, 1.82) is 0 Å². The smallest absolute Gasteiger partial charge is 0.127 e. The van der Waals surface area contributed by atoms with Crippen molar-refractivity contribution in [1.82, 2.24) is 0 Å². The van der Waals surface area contributed by atoms with Crippen LogP contribution >= 0.6 is 27.5 Å². The highest BCUT2D eigenvalue weighted by molar-refractivity contribution is 9.10. The molecule has 0 amide bonds. The van der Waals surface area contributed by atoms with E-state index in [2.05, 4.69) is 15.9 Å². The van der Waals surface area contributed by atoms with Crippen LogP contribution in [-0.4, -0.2) is 5.88 Å². The molecule has 0 nitrogen and oxygen atoms in total. The van der Waals surface area contributed by atoms with Crippen LogP contribution in [0.2, 0.25) is 0 Å². The molecule has 2 aromatic carbocycles. The van der Waals surface area contributed by atoms with Gasteiger partial charge in [0.15, 0.2) is 0 Å². The van der Waals surface area contributed by atoms with Crippen LogP contribution in [0.3, 0.4) is 0 Å². The Morgan fingerprint density at radius 1 is 1.05 bits per heavy atom. The van der Waals surface area contributed by atoms with E-state index < -0.39 is 0 Å². The Hall–Kier alpha value is -0.930. The van der Waals surface area contributed by atoms with Gasteiger partial charge in [-0.05, 0) is 54.2 Å². The van der Waals surface area contributed by atoms with E-state index in [0.717, 1.165) is 5.56 Å². The molecule has 0 aliphatic carbocycles. The lowest BCUT2D eigenvalue weighted by Crippen LogP contribution is -2.11. The summed E-state index contributed by atoms with van der Waals surface area (Å²) in [6.45, 7) is 0. The van der Waals surface area contributed by atoms with Gasteiger partial charge in [0.05, 0.1) is 0 Å². The second-order valence-electron chi connectivity index (χ2n) is 4.79. The molecule has 106 valence electrons. The molecule has 0 aromatic heterocycles. The fourth-order valence-corrected chi connectivity index (χ4v) is 2.73. The van der Waals surface area contributed by atoms with Gasteiger partial charge >= 0.3 is 0 Å². The zero-order chi connectivity index (χ0) is 14.5. The van der Waals surface area contributed by atoms with Gasteiger partial charge in [-0.15, -0.1) is 11.6 Å². The first-order valence-electron chi connectivity index (χ1n) is 6.33. The van der Waals surface area contributed by atoms with Gasteiger partial charge in [0.25, 0.3) is 0 Å². The lowest BCUT2D eigenvalue weighted by molar-refractivity contribution is 0.543. The van der Waals surface area contributed by atoms with Gasteiger partial charge in [-0.2, -0.15) is 0 Å². The van der Waals surface area contributed by atoms with Gasteiger partial charge in [0.1, 0.15) is 11.6 Å². The molecular weight excluding hydrogens is 346 g/mol. The molecular formula is C16H14BrClF2. The number of hydrogen-bond donors (Lipinski definition) is 0. The van der Waals surface area contributed by atoms with Gasteiger partial charge in [0, 0.05) is 10.4 Å². The number of benzene rings is 2. The molecule has 0 saturated heterocycles. The van der Waals surface area contributed by atoms with Crippen molar-refractivity contribution in [3.63, 3.8) is 0 Å². The van der Waals surface area contributed by atoms with Crippen molar-refractivity contribution in [2.45, 2.75) is 12.8 Å². The van der Waals surface area contributed by atoms with Crippen LogP contribution in [0, 0.1) is 17.6 Å². The van der Waals surface area contributed by atoms with Crippen molar-refractivity contribution in [2.75, 3.05) is 5.88 Å². The third-order valence-corrected chi connectivity index (χ3v) is 4.09. The molecule has 4 heteroatoms.